The molecule has 0 radical (unpaired) electrons. The van der Waals surface area contributed by atoms with Crippen LogP contribution < -0.4 is 4.90 Å². The summed E-state index contributed by atoms with van der Waals surface area (Å²) >= 11 is 0. The Morgan fingerprint density at radius 3 is 1.62 bits per heavy atom. The highest BCUT2D eigenvalue weighted by molar-refractivity contribution is 6.14. The summed E-state index contributed by atoms with van der Waals surface area (Å²) in [5, 5.41) is 9.77. The van der Waals surface area contributed by atoms with E-state index < -0.39 is 0 Å². The molecule has 1 heterocycles. The van der Waals surface area contributed by atoms with Gasteiger partial charge in [0, 0.05) is 33.4 Å². The highest BCUT2D eigenvalue weighted by Gasteiger charge is 2.18. The highest BCUT2D eigenvalue weighted by atomic mass is 16.3. The molecule has 0 saturated heterocycles. The van der Waals surface area contributed by atoms with Crippen LogP contribution >= 0.6 is 0 Å². The van der Waals surface area contributed by atoms with Crippen molar-refractivity contribution in [2.45, 2.75) is 0 Å². The second-order valence-electron chi connectivity index (χ2n) is 14.5. The maximum atomic E-state index is 6.44. The second-order valence-corrected chi connectivity index (χ2v) is 14.5. The minimum absolute atomic E-state index is 0.905. The third-order valence-electron chi connectivity index (χ3n) is 11.2. The van der Waals surface area contributed by atoms with Crippen LogP contribution in [0.2, 0.25) is 0 Å². The first-order valence-electron chi connectivity index (χ1n) is 19.2. The molecule has 0 aliphatic carbocycles. The van der Waals surface area contributed by atoms with Crippen LogP contribution in [0.5, 0.6) is 0 Å². The predicted octanol–water partition coefficient (Wildman–Crippen LogP) is 15.5. The van der Waals surface area contributed by atoms with E-state index in [4.69, 9.17) is 4.42 Å². The Balaban J connectivity index is 1.08. The lowest BCUT2D eigenvalue weighted by Crippen LogP contribution is -2.10. The minimum Gasteiger partial charge on any atom is -0.455 e. The molecule has 0 bridgehead atoms. The number of nitrogens with zero attached hydrogens (tertiary/aromatic N) is 1. The number of anilines is 3. The Morgan fingerprint density at radius 2 is 0.839 bits per heavy atom. The van der Waals surface area contributed by atoms with Crippen molar-refractivity contribution in [2.75, 3.05) is 4.90 Å². The molecule has 0 aliphatic rings. The zero-order valence-corrected chi connectivity index (χ0v) is 30.6. The van der Waals surface area contributed by atoms with E-state index in [-0.39, 0.29) is 0 Å². The Bertz CT molecular complexity index is 3260. The fourth-order valence-corrected chi connectivity index (χ4v) is 8.61. The van der Waals surface area contributed by atoms with Crippen LogP contribution in [0.1, 0.15) is 0 Å². The van der Waals surface area contributed by atoms with Crippen LogP contribution in [0.4, 0.5) is 17.1 Å². The molecule has 0 N–H and O–H groups in total. The summed E-state index contributed by atoms with van der Waals surface area (Å²) in [6.45, 7) is 0. The molecule has 0 fully saturated rings. The first-order chi connectivity index (χ1) is 27.8. The average molecular weight is 714 g/mol. The van der Waals surface area contributed by atoms with E-state index >= 15 is 0 Å². The molecule has 0 atom stereocenters. The van der Waals surface area contributed by atoms with Gasteiger partial charge in [-0.3, -0.25) is 0 Å². The summed E-state index contributed by atoms with van der Waals surface area (Å²) in [4.78, 5) is 2.38. The van der Waals surface area contributed by atoms with Crippen LogP contribution in [0.3, 0.4) is 0 Å². The lowest BCUT2D eigenvalue weighted by molar-refractivity contribution is 0.670. The van der Waals surface area contributed by atoms with Gasteiger partial charge in [0.05, 0.1) is 0 Å². The van der Waals surface area contributed by atoms with Gasteiger partial charge in [-0.15, -0.1) is 0 Å². The Labute approximate surface area is 325 Å². The summed E-state index contributed by atoms with van der Waals surface area (Å²) in [6, 6.07) is 76.5. The van der Waals surface area contributed by atoms with E-state index in [0.717, 1.165) is 50.1 Å². The van der Waals surface area contributed by atoms with Crippen molar-refractivity contribution in [2.24, 2.45) is 0 Å². The van der Waals surface area contributed by atoms with Gasteiger partial charge in [-0.25, -0.2) is 0 Å². The molecule has 10 aromatic carbocycles. The Hall–Kier alpha value is -7.42. The molecule has 11 rings (SSSR count). The molecule has 0 unspecified atom stereocenters. The minimum atomic E-state index is 0.905. The molecular weight excluding hydrogens is 679 g/mol. The van der Waals surface area contributed by atoms with Crippen molar-refractivity contribution in [3.63, 3.8) is 0 Å². The van der Waals surface area contributed by atoms with E-state index in [0.29, 0.717) is 0 Å². The molecule has 0 aliphatic heterocycles. The van der Waals surface area contributed by atoms with Gasteiger partial charge in [-0.2, -0.15) is 0 Å². The number of furan rings is 1. The molecule has 1 aromatic heterocycles. The van der Waals surface area contributed by atoms with E-state index in [9.17, 15) is 0 Å². The molecule has 0 spiro atoms. The van der Waals surface area contributed by atoms with Crippen LogP contribution in [0, 0.1) is 0 Å². The first kappa shape index (κ1) is 32.0. The molecule has 2 heteroatoms. The summed E-state index contributed by atoms with van der Waals surface area (Å²) in [5.74, 6) is 0. The summed E-state index contributed by atoms with van der Waals surface area (Å²) < 4.78 is 6.44. The van der Waals surface area contributed by atoms with Crippen molar-refractivity contribution in [3.8, 4) is 33.4 Å². The average Bonchev–Trinajstić information content (AvgIpc) is 3.66. The maximum Gasteiger partial charge on any atom is 0.143 e. The van der Waals surface area contributed by atoms with E-state index in [1.165, 1.54) is 54.6 Å². The van der Waals surface area contributed by atoms with E-state index in [2.05, 4.69) is 205 Å². The second kappa shape index (κ2) is 13.2. The van der Waals surface area contributed by atoms with Crippen molar-refractivity contribution < 1.29 is 4.42 Å². The van der Waals surface area contributed by atoms with Gasteiger partial charge in [-0.1, -0.05) is 164 Å². The number of hydrogen-bond donors (Lipinski definition) is 0. The summed E-state index contributed by atoms with van der Waals surface area (Å²) in [7, 11) is 0. The Morgan fingerprint density at radius 1 is 0.286 bits per heavy atom. The molecule has 56 heavy (non-hydrogen) atoms. The zero-order valence-electron chi connectivity index (χ0n) is 30.6. The summed E-state index contributed by atoms with van der Waals surface area (Å²) in [6.07, 6.45) is 0. The Kier molecular flexibility index (Phi) is 7.53. The van der Waals surface area contributed by atoms with Gasteiger partial charge in [0.2, 0.25) is 0 Å². The molecule has 262 valence electrons. The highest BCUT2D eigenvalue weighted by Crippen LogP contribution is 2.43. The van der Waals surface area contributed by atoms with Crippen LogP contribution in [0.15, 0.2) is 217 Å². The number of rotatable bonds is 6. The molecule has 0 saturated carbocycles. The standard InChI is InChI=1S/C54H35NO/c1-3-20-44-36(13-1)15-11-25-45(44)38-16-9-18-42(33-38)55(41-31-29-37(30-32-41)47-26-12-27-51-50-24-7-8-28-53(50)56-54(47)51)43-19-10-17-39(34-43)52-35-40-14-2-4-21-46(40)48-22-5-6-23-49(48)52/h1-35H. The van der Waals surface area contributed by atoms with Crippen LogP contribution in [-0.4, -0.2) is 0 Å². The van der Waals surface area contributed by atoms with Crippen molar-refractivity contribution in [1.29, 1.82) is 0 Å². The van der Waals surface area contributed by atoms with Gasteiger partial charge >= 0.3 is 0 Å². The van der Waals surface area contributed by atoms with Crippen molar-refractivity contribution >= 4 is 71.3 Å². The van der Waals surface area contributed by atoms with Gasteiger partial charge < -0.3 is 9.32 Å². The summed E-state index contributed by atoms with van der Waals surface area (Å²) in [5.41, 5.74) is 12.0. The maximum absolute atomic E-state index is 6.44. The fraction of sp³-hybridized carbons (Fsp3) is 0. The fourth-order valence-electron chi connectivity index (χ4n) is 8.61. The van der Waals surface area contributed by atoms with Crippen LogP contribution in [0.25, 0.3) is 87.6 Å². The SMILES string of the molecule is c1cc(-c2cccc3ccccc23)cc(N(c2ccc(-c3cccc4c3oc3ccccc34)cc2)c2cccc(-c3cc4ccccc4c4ccccc34)c2)c1. The normalized spacial score (nSPS) is 11.6. The smallest absolute Gasteiger partial charge is 0.143 e. The van der Waals surface area contributed by atoms with Gasteiger partial charge in [-0.05, 0) is 109 Å². The number of para-hydroxylation sites is 2. The number of fused-ring (bicyclic) bond motifs is 7. The number of benzene rings is 10. The quantitative estimate of drug-likeness (QED) is 0.160. The number of hydrogen-bond acceptors (Lipinski definition) is 2. The van der Waals surface area contributed by atoms with Gasteiger partial charge in [0.1, 0.15) is 11.2 Å². The van der Waals surface area contributed by atoms with Crippen molar-refractivity contribution in [3.05, 3.63) is 212 Å². The lowest BCUT2D eigenvalue weighted by atomic mass is 9.93. The topological polar surface area (TPSA) is 16.4 Å². The third kappa shape index (κ3) is 5.34. The van der Waals surface area contributed by atoms with Gasteiger partial charge in [0.25, 0.3) is 0 Å². The predicted molar refractivity (Wildman–Crippen MR) is 237 cm³/mol. The molecular formula is C54H35NO. The first-order valence-corrected chi connectivity index (χ1v) is 19.2. The zero-order chi connectivity index (χ0) is 37.0. The van der Waals surface area contributed by atoms with Crippen molar-refractivity contribution in [1.82, 2.24) is 0 Å². The monoisotopic (exact) mass is 713 g/mol. The van der Waals surface area contributed by atoms with Crippen LogP contribution in [-0.2, 0) is 0 Å². The third-order valence-corrected chi connectivity index (χ3v) is 11.2. The lowest BCUT2D eigenvalue weighted by Gasteiger charge is -2.27. The van der Waals surface area contributed by atoms with E-state index in [1.807, 2.05) is 12.1 Å². The van der Waals surface area contributed by atoms with E-state index in [1.54, 1.807) is 0 Å². The molecule has 11 aromatic rings. The largest absolute Gasteiger partial charge is 0.455 e. The van der Waals surface area contributed by atoms with Gasteiger partial charge in [0.15, 0.2) is 0 Å². The molecule has 0 amide bonds. The molecule has 2 nitrogen and oxygen atoms in total.